The van der Waals surface area contributed by atoms with E-state index in [2.05, 4.69) is 10.2 Å². The first kappa shape index (κ1) is 11.4. The third-order valence-corrected chi connectivity index (χ3v) is 3.95. The molecule has 2 heteroatoms. The van der Waals surface area contributed by atoms with E-state index in [1.165, 1.54) is 77.5 Å². The first-order valence-electron chi connectivity index (χ1n) is 6.91. The van der Waals surface area contributed by atoms with E-state index in [1.54, 1.807) is 0 Å². The van der Waals surface area contributed by atoms with Crippen molar-refractivity contribution in [3.05, 3.63) is 0 Å². The lowest BCUT2D eigenvalue weighted by molar-refractivity contribution is 0.149. The van der Waals surface area contributed by atoms with Crippen LogP contribution >= 0.6 is 0 Å². The maximum Gasteiger partial charge on any atom is 0.0221 e. The molecule has 0 aromatic rings. The number of hydrogen-bond acceptors (Lipinski definition) is 2. The van der Waals surface area contributed by atoms with Crippen molar-refractivity contribution < 1.29 is 0 Å². The van der Waals surface area contributed by atoms with Crippen LogP contribution in [0.4, 0.5) is 0 Å². The normalized spacial score (nSPS) is 31.6. The van der Waals surface area contributed by atoms with Gasteiger partial charge in [0.05, 0.1) is 0 Å². The minimum absolute atomic E-state index is 0.844. The molecule has 2 aliphatic rings. The Balaban J connectivity index is 1.83. The molecule has 0 aromatic carbocycles. The molecule has 1 atom stereocenters. The van der Waals surface area contributed by atoms with E-state index in [4.69, 9.17) is 0 Å². The topological polar surface area (TPSA) is 15.3 Å². The number of fused-ring (bicyclic) bond motifs is 1. The fourth-order valence-electron chi connectivity index (χ4n) is 2.96. The Labute approximate surface area is 94.4 Å². The summed E-state index contributed by atoms with van der Waals surface area (Å²) in [6.45, 7) is 5.08. The van der Waals surface area contributed by atoms with E-state index in [1.807, 2.05) is 0 Å². The average Bonchev–Trinajstić information content (AvgIpc) is 2.32. The van der Waals surface area contributed by atoms with Crippen LogP contribution in [0.5, 0.6) is 0 Å². The molecule has 2 rings (SSSR count). The zero-order chi connectivity index (χ0) is 10.3. The van der Waals surface area contributed by atoms with Crippen molar-refractivity contribution in [2.45, 2.75) is 57.4 Å². The number of rotatable bonds is 0. The molecule has 0 aliphatic carbocycles. The van der Waals surface area contributed by atoms with E-state index in [0.717, 1.165) is 6.04 Å². The fourth-order valence-corrected chi connectivity index (χ4v) is 2.96. The van der Waals surface area contributed by atoms with Gasteiger partial charge in [0.1, 0.15) is 0 Å². The quantitative estimate of drug-likeness (QED) is 0.660. The van der Waals surface area contributed by atoms with E-state index in [9.17, 15) is 0 Å². The van der Waals surface area contributed by atoms with Gasteiger partial charge in [-0.3, -0.25) is 4.90 Å². The third kappa shape index (κ3) is 3.76. The first-order chi connectivity index (χ1) is 7.47. The predicted molar refractivity (Wildman–Crippen MR) is 65.2 cm³/mol. The Bertz CT molecular complexity index is 152. The predicted octanol–water partition coefficient (Wildman–Crippen LogP) is 2.39. The second kappa shape index (κ2) is 6.49. The Hall–Kier alpha value is -0.0800. The molecule has 0 aromatic heterocycles. The second-order valence-corrected chi connectivity index (χ2v) is 5.16. The van der Waals surface area contributed by atoms with E-state index in [0.29, 0.717) is 0 Å². The summed E-state index contributed by atoms with van der Waals surface area (Å²) < 4.78 is 0. The highest BCUT2D eigenvalue weighted by Crippen LogP contribution is 2.17. The van der Waals surface area contributed by atoms with Crippen molar-refractivity contribution in [2.24, 2.45) is 0 Å². The van der Waals surface area contributed by atoms with Gasteiger partial charge < -0.3 is 5.32 Å². The zero-order valence-electron chi connectivity index (χ0n) is 10.0. The van der Waals surface area contributed by atoms with Crippen molar-refractivity contribution in [3.8, 4) is 0 Å². The van der Waals surface area contributed by atoms with Gasteiger partial charge in [0.2, 0.25) is 0 Å². The third-order valence-electron chi connectivity index (χ3n) is 3.95. The summed E-state index contributed by atoms with van der Waals surface area (Å²) in [4.78, 5) is 2.74. The van der Waals surface area contributed by atoms with Crippen LogP contribution in [-0.2, 0) is 0 Å². The molecule has 0 amide bonds. The van der Waals surface area contributed by atoms with Gasteiger partial charge in [-0.2, -0.15) is 0 Å². The lowest BCUT2D eigenvalue weighted by Crippen LogP contribution is -2.51. The van der Waals surface area contributed by atoms with Gasteiger partial charge in [-0.1, -0.05) is 38.5 Å². The number of nitrogens with zero attached hydrogens (tertiary/aromatic N) is 1. The smallest absolute Gasteiger partial charge is 0.0221 e. The summed E-state index contributed by atoms with van der Waals surface area (Å²) in [5, 5.41) is 3.54. The number of hydrogen-bond donors (Lipinski definition) is 1. The molecule has 2 nitrogen and oxygen atoms in total. The number of nitrogens with one attached hydrogen (secondary N) is 1. The molecule has 15 heavy (non-hydrogen) atoms. The average molecular weight is 210 g/mol. The summed E-state index contributed by atoms with van der Waals surface area (Å²) in [6.07, 6.45) is 11.6. The van der Waals surface area contributed by atoms with Crippen LogP contribution in [0.15, 0.2) is 0 Å². The molecular formula is C13H26N2. The largest absolute Gasteiger partial charge is 0.314 e. The minimum Gasteiger partial charge on any atom is -0.314 e. The Morgan fingerprint density at radius 2 is 1.53 bits per heavy atom. The van der Waals surface area contributed by atoms with Crippen molar-refractivity contribution >= 4 is 0 Å². The van der Waals surface area contributed by atoms with Gasteiger partial charge in [0, 0.05) is 25.7 Å². The van der Waals surface area contributed by atoms with Gasteiger partial charge in [-0.05, 0) is 19.4 Å². The van der Waals surface area contributed by atoms with E-state index >= 15 is 0 Å². The van der Waals surface area contributed by atoms with E-state index in [-0.39, 0.29) is 0 Å². The molecule has 2 aliphatic heterocycles. The highest BCUT2D eigenvalue weighted by atomic mass is 15.2. The monoisotopic (exact) mass is 210 g/mol. The maximum atomic E-state index is 3.54. The van der Waals surface area contributed by atoms with Crippen molar-refractivity contribution in [2.75, 3.05) is 26.2 Å². The molecular weight excluding hydrogens is 184 g/mol. The summed E-state index contributed by atoms with van der Waals surface area (Å²) in [7, 11) is 0. The molecule has 0 radical (unpaired) electrons. The van der Waals surface area contributed by atoms with E-state index < -0.39 is 0 Å². The molecule has 1 unspecified atom stereocenters. The van der Waals surface area contributed by atoms with Crippen molar-refractivity contribution in [1.29, 1.82) is 0 Å². The van der Waals surface area contributed by atoms with Crippen LogP contribution in [0, 0.1) is 0 Å². The Kier molecular flexibility index (Phi) is 4.94. The molecule has 2 fully saturated rings. The molecule has 1 N–H and O–H groups in total. The van der Waals surface area contributed by atoms with Gasteiger partial charge in [-0.15, -0.1) is 0 Å². The maximum absolute atomic E-state index is 3.54. The van der Waals surface area contributed by atoms with Crippen LogP contribution < -0.4 is 5.32 Å². The van der Waals surface area contributed by atoms with Gasteiger partial charge >= 0.3 is 0 Å². The molecule has 0 saturated carbocycles. The van der Waals surface area contributed by atoms with Gasteiger partial charge in [0.25, 0.3) is 0 Å². The molecule has 0 spiro atoms. The molecule has 0 bridgehead atoms. The lowest BCUT2D eigenvalue weighted by Gasteiger charge is -2.36. The summed E-state index contributed by atoms with van der Waals surface area (Å²) in [5.41, 5.74) is 0. The summed E-state index contributed by atoms with van der Waals surface area (Å²) in [5.74, 6) is 0. The second-order valence-electron chi connectivity index (χ2n) is 5.16. The highest BCUT2D eigenvalue weighted by molar-refractivity contribution is 4.79. The fraction of sp³-hybridized carbons (Fsp3) is 1.00. The van der Waals surface area contributed by atoms with Crippen LogP contribution in [0.25, 0.3) is 0 Å². The number of piperazine rings is 1. The molecule has 88 valence electrons. The van der Waals surface area contributed by atoms with Crippen LogP contribution in [-0.4, -0.2) is 37.1 Å². The summed E-state index contributed by atoms with van der Waals surface area (Å²) in [6, 6.07) is 0.844. The highest BCUT2D eigenvalue weighted by Gasteiger charge is 2.21. The van der Waals surface area contributed by atoms with Crippen LogP contribution in [0.3, 0.4) is 0 Å². The SMILES string of the molecule is C1CCCCC2CNCCN2CCCC1. The van der Waals surface area contributed by atoms with Crippen LogP contribution in [0.2, 0.25) is 0 Å². The molecule has 2 heterocycles. The first-order valence-corrected chi connectivity index (χ1v) is 6.91. The van der Waals surface area contributed by atoms with Gasteiger partial charge in [0.15, 0.2) is 0 Å². The van der Waals surface area contributed by atoms with Crippen molar-refractivity contribution in [1.82, 2.24) is 10.2 Å². The Morgan fingerprint density at radius 3 is 2.40 bits per heavy atom. The standard InChI is InChI=1S/C13H26N2/c1-2-4-6-8-13-12-14-9-11-15(13)10-7-5-3-1/h13-14H,1-12H2. The lowest BCUT2D eigenvalue weighted by atomic mass is 10.0. The minimum atomic E-state index is 0.844. The summed E-state index contributed by atoms with van der Waals surface area (Å²) >= 11 is 0. The van der Waals surface area contributed by atoms with Crippen molar-refractivity contribution in [3.63, 3.8) is 0 Å². The Morgan fingerprint density at radius 1 is 0.800 bits per heavy atom. The van der Waals surface area contributed by atoms with Crippen LogP contribution in [0.1, 0.15) is 51.4 Å². The molecule has 2 saturated heterocycles. The zero-order valence-corrected chi connectivity index (χ0v) is 10.0. The van der Waals surface area contributed by atoms with Gasteiger partial charge in [-0.25, -0.2) is 0 Å².